The maximum absolute atomic E-state index is 3.44. The van der Waals surface area contributed by atoms with E-state index in [9.17, 15) is 0 Å². The Kier molecular flexibility index (Phi) is 6.55. The quantitative estimate of drug-likeness (QED) is 0.366. The molecule has 0 amide bonds. The summed E-state index contributed by atoms with van der Waals surface area (Å²) in [6.07, 6.45) is 6.87. The summed E-state index contributed by atoms with van der Waals surface area (Å²) >= 11 is 0. The molecule has 2 aliphatic carbocycles. The van der Waals surface area contributed by atoms with Crippen LogP contribution in [0.4, 0.5) is 0 Å². The van der Waals surface area contributed by atoms with Crippen molar-refractivity contribution in [2.45, 2.75) is 69.2 Å². The van der Waals surface area contributed by atoms with Gasteiger partial charge in [-0.3, -0.25) is 12.2 Å². The van der Waals surface area contributed by atoms with Crippen molar-refractivity contribution in [1.82, 2.24) is 0 Å². The third-order valence-electron chi connectivity index (χ3n) is 5.12. The van der Waals surface area contributed by atoms with Crippen molar-refractivity contribution < 1.29 is 17.1 Å². The summed E-state index contributed by atoms with van der Waals surface area (Å²) < 4.78 is 0. The Morgan fingerprint density at radius 2 is 0.810 bits per heavy atom. The van der Waals surface area contributed by atoms with Gasteiger partial charge in [-0.25, -0.2) is 11.1 Å². The molecule has 0 atom stereocenters. The summed E-state index contributed by atoms with van der Waals surface area (Å²) in [5.74, 6) is 0. The summed E-state index contributed by atoms with van der Waals surface area (Å²) in [7, 11) is 0. The third kappa shape index (κ3) is 4.24. The molecule has 0 spiro atoms. The molecule has 0 N–H and O–H groups in total. The second kappa shape index (κ2) is 6.71. The zero-order chi connectivity index (χ0) is 15.9. The summed E-state index contributed by atoms with van der Waals surface area (Å²) in [6, 6.07) is 0. The molecule has 118 valence electrons. The Hall–Kier alpha value is -0.521. The first kappa shape index (κ1) is 20.5. The van der Waals surface area contributed by atoms with E-state index >= 15 is 0 Å². The molecule has 0 aliphatic heterocycles. The predicted octanol–water partition coefficient (Wildman–Crippen LogP) is 6.22. The van der Waals surface area contributed by atoms with Crippen molar-refractivity contribution in [2.75, 3.05) is 0 Å². The minimum atomic E-state index is 0. The monoisotopic (exact) mass is 326 g/mol. The van der Waals surface area contributed by atoms with Crippen molar-refractivity contribution in [1.29, 1.82) is 0 Å². The standard InChI is InChI=1S/2C10H15.Fe/c2*1-7-6-10(4,5)9(3)8(7)2;/h2*1-5H3;/q2*-1;+2. The molecule has 21 heavy (non-hydrogen) atoms. The summed E-state index contributed by atoms with van der Waals surface area (Å²) in [5.41, 5.74) is 8.79. The van der Waals surface area contributed by atoms with E-state index in [1.165, 1.54) is 33.4 Å². The molecule has 2 aliphatic rings. The van der Waals surface area contributed by atoms with Gasteiger partial charge in [0.1, 0.15) is 0 Å². The van der Waals surface area contributed by atoms with E-state index < -0.39 is 0 Å². The van der Waals surface area contributed by atoms with Crippen LogP contribution in [0.1, 0.15) is 69.2 Å². The van der Waals surface area contributed by atoms with Crippen LogP contribution in [0, 0.1) is 23.0 Å². The fourth-order valence-corrected chi connectivity index (χ4v) is 2.81. The van der Waals surface area contributed by atoms with Gasteiger partial charge >= 0.3 is 17.1 Å². The van der Waals surface area contributed by atoms with E-state index in [1.54, 1.807) is 0 Å². The van der Waals surface area contributed by atoms with E-state index in [1.807, 2.05) is 0 Å². The normalized spacial score (nSPS) is 22.4. The van der Waals surface area contributed by atoms with Crippen molar-refractivity contribution >= 4 is 0 Å². The SMILES string of the molecule is CC1=[C-]C(C)(C)C(C)=C1C.CC1=[C-]C(C)(C)C(C)=C1C.[Fe+2]. The van der Waals surface area contributed by atoms with Gasteiger partial charge in [0.25, 0.3) is 0 Å². The summed E-state index contributed by atoms with van der Waals surface area (Å²) in [4.78, 5) is 0. The number of hydrogen-bond donors (Lipinski definition) is 0. The first-order valence-electron chi connectivity index (χ1n) is 7.50. The van der Waals surface area contributed by atoms with Gasteiger partial charge in [-0.05, 0) is 0 Å². The van der Waals surface area contributed by atoms with Crippen LogP contribution in [-0.4, -0.2) is 0 Å². The Morgan fingerprint density at radius 1 is 0.571 bits per heavy atom. The molecule has 2 rings (SSSR count). The summed E-state index contributed by atoms with van der Waals surface area (Å²) in [6.45, 7) is 21.8. The van der Waals surface area contributed by atoms with Gasteiger partial charge in [-0.1, -0.05) is 66.2 Å². The Morgan fingerprint density at radius 3 is 0.857 bits per heavy atom. The second-order valence-electron chi connectivity index (χ2n) is 7.25. The van der Waals surface area contributed by atoms with Crippen LogP contribution in [0.5, 0.6) is 0 Å². The van der Waals surface area contributed by atoms with Gasteiger partial charge in [-0.15, -0.1) is 13.8 Å². The van der Waals surface area contributed by atoms with E-state index in [4.69, 9.17) is 0 Å². The molecule has 0 bridgehead atoms. The molecule has 0 aromatic carbocycles. The van der Waals surface area contributed by atoms with Crippen molar-refractivity contribution in [3.63, 3.8) is 0 Å². The number of hydrogen-bond acceptors (Lipinski definition) is 0. The smallest absolute Gasteiger partial charge is 0.263 e. The Bertz CT molecular complexity index is 484. The van der Waals surface area contributed by atoms with Gasteiger partial charge in [0, 0.05) is 0 Å². The largest absolute Gasteiger partial charge is 2.00 e. The van der Waals surface area contributed by atoms with Crippen LogP contribution < -0.4 is 0 Å². The van der Waals surface area contributed by atoms with Crippen molar-refractivity contribution in [3.05, 3.63) is 45.6 Å². The summed E-state index contributed by atoms with van der Waals surface area (Å²) in [5, 5.41) is 0. The molecule has 0 saturated heterocycles. The maximum atomic E-state index is 3.44. The molecule has 0 saturated carbocycles. The number of allylic oxidation sites excluding steroid dienone is 8. The number of rotatable bonds is 0. The third-order valence-corrected chi connectivity index (χ3v) is 5.12. The van der Waals surface area contributed by atoms with Gasteiger partial charge in [0.05, 0.1) is 0 Å². The van der Waals surface area contributed by atoms with Crippen LogP contribution >= 0.6 is 0 Å². The molecule has 0 aromatic heterocycles. The predicted molar refractivity (Wildman–Crippen MR) is 89.2 cm³/mol. The molecule has 1 heteroatoms. The molecule has 0 unspecified atom stereocenters. The van der Waals surface area contributed by atoms with E-state index in [0.29, 0.717) is 0 Å². The Balaban J connectivity index is 0.000000364. The average Bonchev–Trinajstić information content (AvgIpc) is 2.60. The first-order chi connectivity index (χ1) is 8.90. The topological polar surface area (TPSA) is 0 Å². The van der Waals surface area contributed by atoms with Crippen molar-refractivity contribution in [3.8, 4) is 0 Å². The molecule has 0 radical (unpaired) electrons. The maximum Gasteiger partial charge on any atom is 2.00 e. The van der Waals surface area contributed by atoms with Crippen LogP contribution in [0.3, 0.4) is 0 Å². The van der Waals surface area contributed by atoms with Crippen LogP contribution in [-0.2, 0) is 17.1 Å². The van der Waals surface area contributed by atoms with Crippen LogP contribution in [0.25, 0.3) is 0 Å². The molecule has 0 fully saturated rings. The average molecular weight is 326 g/mol. The zero-order valence-electron chi connectivity index (χ0n) is 15.4. The molecular formula is C20H30Fe. The van der Waals surface area contributed by atoms with E-state index in [2.05, 4.69) is 81.4 Å². The minimum Gasteiger partial charge on any atom is -0.263 e. The second-order valence-corrected chi connectivity index (χ2v) is 7.25. The van der Waals surface area contributed by atoms with E-state index in [0.717, 1.165) is 0 Å². The first-order valence-corrected chi connectivity index (χ1v) is 7.50. The molecule has 0 nitrogen and oxygen atoms in total. The van der Waals surface area contributed by atoms with Gasteiger partial charge < -0.3 is 0 Å². The fraction of sp³-hybridized carbons (Fsp3) is 0.600. The molecular weight excluding hydrogens is 296 g/mol. The van der Waals surface area contributed by atoms with Crippen LogP contribution in [0.15, 0.2) is 33.4 Å². The molecule has 0 aromatic rings. The zero-order valence-corrected chi connectivity index (χ0v) is 16.5. The van der Waals surface area contributed by atoms with Crippen LogP contribution in [0.2, 0.25) is 0 Å². The van der Waals surface area contributed by atoms with Gasteiger partial charge in [0.15, 0.2) is 0 Å². The van der Waals surface area contributed by atoms with Gasteiger partial charge in [0.2, 0.25) is 0 Å². The molecule has 0 heterocycles. The minimum absolute atomic E-state index is 0. The van der Waals surface area contributed by atoms with Crippen molar-refractivity contribution in [2.24, 2.45) is 10.8 Å². The van der Waals surface area contributed by atoms with Gasteiger partial charge in [-0.2, -0.15) is 22.3 Å². The Labute approximate surface area is 143 Å². The fourth-order valence-electron chi connectivity index (χ4n) is 2.81. The van der Waals surface area contributed by atoms with E-state index in [-0.39, 0.29) is 27.9 Å².